The largest absolute Gasteiger partial charge is 0.454 e. The van der Waals surface area contributed by atoms with Crippen molar-refractivity contribution in [2.24, 2.45) is 0 Å². The van der Waals surface area contributed by atoms with Gasteiger partial charge in [0.2, 0.25) is 6.79 Å². The number of hydrogen-bond donors (Lipinski definition) is 2. The van der Waals surface area contributed by atoms with Crippen LogP contribution in [0.3, 0.4) is 0 Å². The Kier molecular flexibility index (Phi) is 5.56. The van der Waals surface area contributed by atoms with Crippen LogP contribution >= 0.6 is 0 Å². The van der Waals surface area contributed by atoms with Gasteiger partial charge in [0, 0.05) is 24.7 Å². The van der Waals surface area contributed by atoms with Gasteiger partial charge in [-0.3, -0.25) is 4.79 Å². The van der Waals surface area contributed by atoms with Crippen LogP contribution in [0.15, 0.2) is 54.6 Å². The van der Waals surface area contributed by atoms with Crippen LogP contribution in [0.25, 0.3) is 11.4 Å². The van der Waals surface area contributed by atoms with E-state index in [-0.39, 0.29) is 12.7 Å². The van der Waals surface area contributed by atoms with Crippen molar-refractivity contribution in [3.05, 3.63) is 65.9 Å². The molecule has 1 amide bonds. The standard InChI is InChI=1S/C22H22N4O3/c1-2-10-23-20-12-17(25-21(26-20)16-6-4-3-5-7-16)22(27)24-13-15-8-9-18-19(11-15)29-14-28-18/h3-9,11-12H,2,10,13-14H2,1H3,(H,24,27)(H,23,25,26). The summed E-state index contributed by atoms with van der Waals surface area (Å²) in [5, 5.41) is 6.16. The summed E-state index contributed by atoms with van der Waals surface area (Å²) >= 11 is 0. The van der Waals surface area contributed by atoms with Gasteiger partial charge in [-0.05, 0) is 24.1 Å². The highest BCUT2D eigenvalue weighted by atomic mass is 16.7. The maximum Gasteiger partial charge on any atom is 0.270 e. The summed E-state index contributed by atoms with van der Waals surface area (Å²) in [7, 11) is 0. The van der Waals surface area contributed by atoms with Gasteiger partial charge in [-0.2, -0.15) is 0 Å². The monoisotopic (exact) mass is 390 g/mol. The van der Waals surface area contributed by atoms with Gasteiger partial charge < -0.3 is 20.1 Å². The zero-order valence-electron chi connectivity index (χ0n) is 16.1. The molecule has 0 spiro atoms. The molecule has 0 aliphatic carbocycles. The number of carbonyl (C=O) groups is 1. The van der Waals surface area contributed by atoms with Crippen molar-refractivity contribution < 1.29 is 14.3 Å². The van der Waals surface area contributed by atoms with Crippen molar-refractivity contribution in [3.63, 3.8) is 0 Å². The van der Waals surface area contributed by atoms with E-state index in [4.69, 9.17) is 9.47 Å². The van der Waals surface area contributed by atoms with E-state index >= 15 is 0 Å². The first-order chi connectivity index (χ1) is 14.2. The smallest absolute Gasteiger partial charge is 0.270 e. The first kappa shape index (κ1) is 18.7. The number of carbonyl (C=O) groups excluding carboxylic acids is 1. The minimum atomic E-state index is -0.262. The molecule has 0 saturated carbocycles. The van der Waals surface area contributed by atoms with E-state index in [1.54, 1.807) is 6.07 Å². The molecule has 2 heterocycles. The first-order valence-corrected chi connectivity index (χ1v) is 9.58. The van der Waals surface area contributed by atoms with Crippen molar-refractivity contribution in [1.29, 1.82) is 0 Å². The molecule has 148 valence electrons. The Morgan fingerprint density at radius 1 is 1.03 bits per heavy atom. The van der Waals surface area contributed by atoms with Gasteiger partial charge in [0.15, 0.2) is 17.3 Å². The van der Waals surface area contributed by atoms with Crippen molar-refractivity contribution in [1.82, 2.24) is 15.3 Å². The van der Waals surface area contributed by atoms with E-state index < -0.39 is 0 Å². The second kappa shape index (κ2) is 8.60. The highest BCUT2D eigenvalue weighted by Crippen LogP contribution is 2.32. The second-order valence-corrected chi connectivity index (χ2v) is 6.63. The van der Waals surface area contributed by atoms with Crippen LogP contribution in [0.1, 0.15) is 29.4 Å². The lowest BCUT2D eigenvalue weighted by atomic mass is 10.2. The van der Waals surface area contributed by atoms with Gasteiger partial charge in [0.05, 0.1) is 0 Å². The molecule has 2 aromatic carbocycles. The van der Waals surface area contributed by atoms with Crippen molar-refractivity contribution in [2.45, 2.75) is 19.9 Å². The highest BCUT2D eigenvalue weighted by molar-refractivity contribution is 5.93. The molecular weight excluding hydrogens is 368 g/mol. The Hall–Kier alpha value is -3.61. The maximum absolute atomic E-state index is 12.8. The molecule has 0 saturated heterocycles. The molecule has 1 aromatic heterocycles. The van der Waals surface area contributed by atoms with Gasteiger partial charge in [-0.15, -0.1) is 0 Å². The third kappa shape index (κ3) is 4.45. The fourth-order valence-corrected chi connectivity index (χ4v) is 2.95. The Morgan fingerprint density at radius 3 is 2.69 bits per heavy atom. The molecule has 0 unspecified atom stereocenters. The fraction of sp³-hybridized carbons (Fsp3) is 0.227. The Balaban J connectivity index is 1.53. The van der Waals surface area contributed by atoms with Crippen molar-refractivity contribution in [3.8, 4) is 22.9 Å². The third-order valence-corrected chi connectivity index (χ3v) is 4.44. The number of fused-ring (bicyclic) bond motifs is 1. The lowest BCUT2D eigenvalue weighted by molar-refractivity contribution is 0.0946. The normalized spacial score (nSPS) is 11.9. The average molecular weight is 390 g/mol. The van der Waals surface area contributed by atoms with Crippen LogP contribution in [0.5, 0.6) is 11.5 Å². The van der Waals surface area contributed by atoms with Gasteiger partial charge >= 0.3 is 0 Å². The molecule has 3 aromatic rings. The molecular formula is C22H22N4O3. The quantitative estimate of drug-likeness (QED) is 0.641. The predicted molar refractivity (Wildman–Crippen MR) is 110 cm³/mol. The SMILES string of the molecule is CCCNc1cc(C(=O)NCc2ccc3c(c2)OCO3)nc(-c2ccccc2)n1. The van der Waals surface area contributed by atoms with E-state index in [1.807, 2.05) is 48.5 Å². The number of nitrogens with zero attached hydrogens (tertiary/aromatic N) is 2. The minimum Gasteiger partial charge on any atom is -0.454 e. The lowest BCUT2D eigenvalue weighted by Gasteiger charge is -2.10. The van der Waals surface area contributed by atoms with Crippen LogP contribution in [-0.4, -0.2) is 29.2 Å². The average Bonchev–Trinajstić information content (AvgIpc) is 3.24. The van der Waals surface area contributed by atoms with Gasteiger partial charge in [0.25, 0.3) is 5.91 Å². The number of rotatable bonds is 7. The van der Waals surface area contributed by atoms with E-state index in [9.17, 15) is 4.79 Å². The predicted octanol–water partition coefficient (Wildman–Crippen LogP) is 3.62. The Morgan fingerprint density at radius 2 is 1.86 bits per heavy atom. The molecule has 2 N–H and O–H groups in total. The second-order valence-electron chi connectivity index (χ2n) is 6.63. The number of ether oxygens (including phenoxy) is 2. The lowest BCUT2D eigenvalue weighted by Crippen LogP contribution is -2.24. The minimum absolute atomic E-state index is 0.224. The summed E-state index contributed by atoms with van der Waals surface area (Å²) in [5.41, 5.74) is 2.10. The van der Waals surface area contributed by atoms with Crippen LogP contribution in [0.2, 0.25) is 0 Å². The molecule has 29 heavy (non-hydrogen) atoms. The van der Waals surface area contributed by atoms with E-state index in [2.05, 4.69) is 27.5 Å². The molecule has 1 aliphatic rings. The molecule has 4 rings (SSSR count). The zero-order valence-corrected chi connectivity index (χ0v) is 16.1. The number of anilines is 1. The molecule has 7 heteroatoms. The number of hydrogen-bond acceptors (Lipinski definition) is 6. The fourth-order valence-electron chi connectivity index (χ4n) is 2.95. The van der Waals surface area contributed by atoms with Crippen molar-refractivity contribution >= 4 is 11.7 Å². The van der Waals surface area contributed by atoms with Crippen LogP contribution in [0, 0.1) is 0 Å². The molecule has 7 nitrogen and oxygen atoms in total. The molecule has 0 atom stereocenters. The summed E-state index contributed by atoms with van der Waals surface area (Å²) in [6.07, 6.45) is 0.955. The Labute approximate surface area is 169 Å². The van der Waals surface area contributed by atoms with Crippen molar-refractivity contribution in [2.75, 3.05) is 18.7 Å². The van der Waals surface area contributed by atoms with Crippen LogP contribution in [0.4, 0.5) is 5.82 Å². The summed E-state index contributed by atoms with van der Waals surface area (Å²) in [4.78, 5) is 21.8. The maximum atomic E-state index is 12.8. The van der Waals surface area contributed by atoms with Crippen LogP contribution < -0.4 is 20.1 Å². The number of nitrogens with one attached hydrogen (secondary N) is 2. The topological polar surface area (TPSA) is 85.4 Å². The molecule has 0 bridgehead atoms. The van der Waals surface area contributed by atoms with Gasteiger partial charge in [-0.25, -0.2) is 9.97 Å². The molecule has 0 fully saturated rings. The Bertz CT molecular complexity index is 1010. The summed E-state index contributed by atoms with van der Waals surface area (Å²) in [6.45, 7) is 3.43. The van der Waals surface area contributed by atoms with E-state index in [0.29, 0.717) is 29.6 Å². The number of benzene rings is 2. The first-order valence-electron chi connectivity index (χ1n) is 9.58. The van der Waals surface area contributed by atoms with E-state index in [0.717, 1.165) is 29.8 Å². The molecule has 1 aliphatic heterocycles. The third-order valence-electron chi connectivity index (χ3n) is 4.44. The highest BCUT2D eigenvalue weighted by Gasteiger charge is 2.15. The summed E-state index contributed by atoms with van der Waals surface area (Å²) in [5.74, 6) is 2.29. The summed E-state index contributed by atoms with van der Waals surface area (Å²) in [6, 6.07) is 16.9. The molecule has 0 radical (unpaired) electrons. The van der Waals surface area contributed by atoms with Crippen LogP contribution in [-0.2, 0) is 6.54 Å². The number of aromatic nitrogens is 2. The van der Waals surface area contributed by atoms with Gasteiger partial charge in [-0.1, -0.05) is 43.3 Å². The zero-order chi connectivity index (χ0) is 20.1. The van der Waals surface area contributed by atoms with E-state index in [1.165, 1.54) is 0 Å². The van der Waals surface area contributed by atoms with Gasteiger partial charge in [0.1, 0.15) is 11.5 Å². The summed E-state index contributed by atoms with van der Waals surface area (Å²) < 4.78 is 10.7. The number of amides is 1.